The number of nitrogens with zero attached hydrogens (tertiary/aromatic N) is 1. The molecule has 1 aromatic heterocycles. The molecule has 4 nitrogen and oxygen atoms in total. The van der Waals surface area contributed by atoms with Crippen molar-refractivity contribution in [3.05, 3.63) is 10.4 Å². The molecule has 0 unspecified atom stereocenters. The standard InChI is InChI=1S/C15H24N2O2S/c1-4-6-9-17(5-2)14-11(10-7-8-10)12(16)13(20-14)15(18)19-3/h10H,4-9,16H2,1-3H3. The molecule has 20 heavy (non-hydrogen) atoms. The first-order valence-electron chi connectivity index (χ1n) is 7.39. The monoisotopic (exact) mass is 296 g/mol. The van der Waals surface area contributed by atoms with Crippen LogP contribution in [0.2, 0.25) is 0 Å². The average Bonchev–Trinajstić information content (AvgIpc) is 3.23. The Morgan fingerprint density at radius 2 is 2.15 bits per heavy atom. The van der Waals surface area contributed by atoms with E-state index in [0.29, 0.717) is 16.5 Å². The Morgan fingerprint density at radius 3 is 2.65 bits per heavy atom. The van der Waals surface area contributed by atoms with E-state index in [1.165, 1.54) is 48.3 Å². The second kappa shape index (κ2) is 6.48. The summed E-state index contributed by atoms with van der Waals surface area (Å²) in [6.45, 7) is 6.31. The minimum Gasteiger partial charge on any atom is -0.465 e. The van der Waals surface area contributed by atoms with E-state index in [4.69, 9.17) is 10.5 Å². The summed E-state index contributed by atoms with van der Waals surface area (Å²) in [7, 11) is 1.41. The zero-order valence-electron chi connectivity index (χ0n) is 12.6. The third-order valence-corrected chi connectivity index (χ3v) is 5.03. The van der Waals surface area contributed by atoms with Crippen LogP contribution < -0.4 is 10.6 Å². The van der Waals surface area contributed by atoms with E-state index >= 15 is 0 Å². The van der Waals surface area contributed by atoms with E-state index in [2.05, 4.69) is 18.7 Å². The molecule has 1 aliphatic carbocycles. The van der Waals surface area contributed by atoms with Crippen LogP contribution in [0.1, 0.15) is 60.7 Å². The van der Waals surface area contributed by atoms with Gasteiger partial charge in [-0.2, -0.15) is 0 Å². The van der Waals surface area contributed by atoms with Gasteiger partial charge in [0.1, 0.15) is 4.88 Å². The van der Waals surface area contributed by atoms with Gasteiger partial charge >= 0.3 is 5.97 Å². The molecule has 5 heteroatoms. The number of hydrogen-bond acceptors (Lipinski definition) is 5. The highest BCUT2D eigenvalue weighted by Gasteiger charge is 2.34. The molecule has 1 heterocycles. The predicted octanol–water partition coefficient (Wildman–Crippen LogP) is 3.62. The van der Waals surface area contributed by atoms with Gasteiger partial charge in [-0.05, 0) is 32.1 Å². The molecule has 0 radical (unpaired) electrons. The summed E-state index contributed by atoms with van der Waals surface area (Å²) in [5, 5.41) is 1.18. The number of anilines is 2. The van der Waals surface area contributed by atoms with Crippen molar-refractivity contribution in [2.24, 2.45) is 0 Å². The third-order valence-electron chi connectivity index (χ3n) is 3.77. The van der Waals surface area contributed by atoms with Crippen molar-refractivity contribution < 1.29 is 9.53 Å². The van der Waals surface area contributed by atoms with Crippen LogP contribution in [0.5, 0.6) is 0 Å². The highest BCUT2D eigenvalue weighted by Crippen LogP contribution is 2.52. The van der Waals surface area contributed by atoms with Gasteiger partial charge in [-0.15, -0.1) is 11.3 Å². The summed E-state index contributed by atoms with van der Waals surface area (Å²) >= 11 is 1.50. The third kappa shape index (κ3) is 2.92. The first-order chi connectivity index (χ1) is 9.63. The maximum atomic E-state index is 11.9. The molecule has 0 atom stereocenters. The van der Waals surface area contributed by atoms with Gasteiger partial charge in [0.25, 0.3) is 0 Å². The van der Waals surface area contributed by atoms with E-state index in [1.807, 2.05) is 0 Å². The Balaban J connectivity index is 2.37. The fraction of sp³-hybridized carbons (Fsp3) is 0.667. The highest BCUT2D eigenvalue weighted by atomic mass is 32.1. The van der Waals surface area contributed by atoms with Gasteiger partial charge < -0.3 is 15.4 Å². The van der Waals surface area contributed by atoms with Gasteiger partial charge in [0.05, 0.1) is 17.8 Å². The van der Waals surface area contributed by atoms with Gasteiger partial charge in [0.15, 0.2) is 0 Å². The number of unbranched alkanes of at least 4 members (excludes halogenated alkanes) is 1. The number of thiophene rings is 1. The Hall–Kier alpha value is -1.23. The van der Waals surface area contributed by atoms with Crippen LogP contribution in [0.3, 0.4) is 0 Å². The van der Waals surface area contributed by atoms with Crippen molar-refractivity contribution in [2.45, 2.75) is 45.4 Å². The number of nitrogens with two attached hydrogens (primary N) is 1. The van der Waals surface area contributed by atoms with E-state index in [9.17, 15) is 4.79 Å². The summed E-state index contributed by atoms with van der Waals surface area (Å²) in [5.74, 6) is 0.225. The van der Waals surface area contributed by atoms with Crippen molar-refractivity contribution in [3.63, 3.8) is 0 Å². The van der Waals surface area contributed by atoms with Crippen molar-refractivity contribution in [3.8, 4) is 0 Å². The summed E-state index contributed by atoms with van der Waals surface area (Å²) in [5.41, 5.74) is 8.06. The van der Waals surface area contributed by atoms with Crippen LogP contribution in [0, 0.1) is 0 Å². The number of nitrogen functional groups attached to an aromatic ring is 1. The minimum absolute atomic E-state index is 0.313. The van der Waals surface area contributed by atoms with Gasteiger partial charge in [-0.1, -0.05) is 13.3 Å². The van der Waals surface area contributed by atoms with Crippen molar-refractivity contribution in [1.29, 1.82) is 0 Å². The predicted molar refractivity (Wildman–Crippen MR) is 84.8 cm³/mol. The molecular weight excluding hydrogens is 272 g/mol. The Kier molecular flexibility index (Phi) is 4.91. The topological polar surface area (TPSA) is 55.6 Å². The van der Waals surface area contributed by atoms with Crippen molar-refractivity contribution >= 4 is 28.0 Å². The van der Waals surface area contributed by atoms with Crippen LogP contribution in [-0.2, 0) is 4.74 Å². The molecule has 1 fully saturated rings. The molecule has 0 saturated heterocycles. The lowest BCUT2D eigenvalue weighted by Crippen LogP contribution is -2.23. The van der Waals surface area contributed by atoms with Gasteiger partial charge in [0, 0.05) is 18.7 Å². The number of carbonyl (C=O) groups is 1. The van der Waals surface area contributed by atoms with E-state index in [1.54, 1.807) is 0 Å². The highest BCUT2D eigenvalue weighted by molar-refractivity contribution is 7.18. The molecule has 0 aliphatic heterocycles. The average molecular weight is 296 g/mol. The van der Waals surface area contributed by atoms with E-state index in [-0.39, 0.29) is 5.97 Å². The maximum absolute atomic E-state index is 11.9. The number of methoxy groups -OCH3 is 1. The molecule has 0 aromatic carbocycles. The van der Waals surface area contributed by atoms with Crippen LogP contribution in [0.25, 0.3) is 0 Å². The lowest BCUT2D eigenvalue weighted by atomic mass is 10.1. The van der Waals surface area contributed by atoms with Gasteiger partial charge in [0.2, 0.25) is 0 Å². The quantitative estimate of drug-likeness (QED) is 0.781. The molecule has 0 spiro atoms. The minimum atomic E-state index is -0.313. The molecule has 1 aromatic rings. The SMILES string of the molecule is CCCCN(CC)c1sc(C(=O)OC)c(N)c1C1CC1. The first kappa shape index (κ1) is 15.2. The van der Waals surface area contributed by atoms with Gasteiger partial charge in [-0.25, -0.2) is 4.79 Å². The smallest absolute Gasteiger partial charge is 0.350 e. The molecule has 2 N–H and O–H groups in total. The molecule has 1 aliphatic rings. The summed E-state index contributed by atoms with van der Waals surface area (Å²) < 4.78 is 4.85. The zero-order valence-corrected chi connectivity index (χ0v) is 13.4. The summed E-state index contributed by atoms with van der Waals surface area (Å²) in [6.07, 6.45) is 4.68. The normalized spacial score (nSPS) is 14.3. The maximum Gasteiger partial charge on any atom is 0.350 e. The van der Waals surface area contributed by atoms with Crippen molar-refractivity contribution in [2.75, 3.05) is 30.8 Å². The molecule has 0 bridgehead atoms. The van der Waals surface area contributed by atoms with Crippen LogP contribution in [-0.4, -0.2) is 26.2 Å². The lowest BCUT2D eigenvalue weighted by Gasteiger charge is -2.22. The van der Waals surface area contributed by atoms with Crippen LogP contribution in [0.4, 0.5) is 10.7 Å². The Bertz CT molecular complexity index is 480. The number of carbonyl (C=O) groups excluding carboxylic acids is 1. The summed E-state index contributed by atoms with van der Waals surface area (Å²) in [6, 6.07) is 0. The van der Waals surface area contributed by atoms with Crippen molar-refractivity contribution in [1.82, 2.24) is 0 Å². The first-order valence-corrected chi connectivity index (χ1v) is 8.21. The Morgan fingerprint density at radius 1 is 1.45 bits per heavy atom. The second-order valence-corrected chi connectivity index (χ2v) is 6.26. The molecule has 1 saturated carbocycles. The second-order valence-electron chi connectivity index (χ2n) is 5.26. The number of hydrogen-bond donors (Lipinski definition) is 1. The number of esters is 1. The van der Waals surface area contributed by atoms with E-state index in [0.717, 1.165) is 19.5 Å². The van der Waals surface area contributed by atoms with Crippen LogP contribution in [0.15, 0.2) is 0 Å². The molecule has 112 valence electrons. The largest absolute Gasteiger partial charge is 0.465 e. The molecule has 0 amide bonds. The number of ether oxygens (including phenoxy) is 1. The Labute approximate surface area is 124 Å². The fourth-order valence-electron chi connectivity index (χ4n) is 2.44. The molecular formula is C15H24N2O2S. The van der Waals surface area contributed by atoms with E-state index < -0.39 is 0 Å². The zero-order chi connectivity index (χ0) is 14.7. The summed E-state index contributed by atoms with van der Waals surface area (Å²) in [4.78, 5) is 14.8. The van der Waals surface area contributed by atoms with Gasteiger partial charge in [-0.3, -0.25) is 0 Å². The van der Waals surface area contributed by atoms with Crippen LogP contribution >= 0.6 is 11.3 Å². The molecule has 2 rings (SSSR count). The fourth-order valence-corrected chi connectivity index (χ4v) is 3.76. The lowest BCUT2D eigenvalue weighted by molar-refractivity contribution is 0.0607. The number of rotatable bonds is 7.